The number of carbonyl (C=O) groups excluding carboxylic acids is 2. The van der Waals surface area contributed by atoms with Gasteiger partial charge in [0.1, 0.15) is 11.4 Å². The number of hydrogen-bond acceptors (Lipinski definition) is 5. The molecular formula is C19H32N4O4. The zero-order valence-corrected chi connectivity index (χ0v) is 16.9. The predicted octanol–water partition coefficient (Wildman–Crippen LogP) is 2.12. The third-order valence-corrected chi connectivity index (χ3v) is 4.70. The molecular weight excluding hydrogens is 348 g/mol. The van der Waals surface area contributed by atoms with E-state index >= 15 is 0 Å². The summed E-state index contributed by atoms with van der Waals surface area (Å²) >= 11 is 0. The molecule has 0 bridgehead atoms. The maximum atomic E-state index is 12.6. The summed E-state index contributed by atoms with van der Waals surface area (Å²) in [6.45, 7) is 8.48. The summed E-state index contributed by atoms with van der Waals surface area (Å²) < 4.78 is 11.2. The monoisotopic (exact) mass is 380 g/mol. The number of methoxy groups -OCH3 is 1. The number of nitrogens with zero attached hydrogens (tertiary/aromatic N) is 2. The smallest absolute Gasteiger partial charge is 0.410 e. The molecule has 0 spiro atoms. The largest absolute Gasteiger partial charge is 0.444 e. The van der Waals surface area contributed by atoms with Crippen LogP contribution in [-0.4, -0.2) is 64.8 Å². The van der Waals surface area contributed by atoms with Crippen LogP contribution >= 0.6 is 0 Å². The topological polar surface area (TPSA) is 96.5 Å². The number of ether oxygens (including phenoxy) is 2. The van der Waals surface area contributed by atoms with Gasteiger partial charge >= 0.3 is 6.09 Å². The molecule has 2 N–H and O–H groups in total. The summed E-state index contributed by atoms with van der Waals surface area (Å²) in [6.07, 6.45) is 5.01. The van der Waals surface area contributed by atoms with Crippen molar-refractivity contribution in [1.82, 2.24) is 20.2 Å². The highest BCUT2D eigenvalue weighted by molar-refractivity contribution is 5.79. The van der Waals surface area contributed by atoms with Crippen LogP contribution in [0, 0.1) is 5.92 Å². The Hall–Kier alpha value is -2.09. The van der Waals surface area contributed by atoms with Crippen LogP contribution in [-0.2, 0) is 20.7 Å². The molecule has 0 aromatic carbocycles. The molecule has 0 radical (unpaired) electrons. The summed E-state index contributed by atoms with van der Waals surface area (Å²) in [4.78, 5) is 34.0. The number of aromatic nitrogens is 2. The minimum absolute atomic E-state index is 0.0931. The Bertz CT molecular complexity index is 612. The molecule has 2 amide bonds. The summed E-state index contributed by atoms with van der Waals surface area (Å²) in [5, 5.41) is 2.93. The molecule has 8 nitrogen and oxygen atoms in total. The first kappa shape index (κ1) is 21.2. The molecule has 3 atom stereocenters. The van der Waals surface area contributed by atoms with Crippen molar-refractivity contribution >= 4 is 12.0 Å². The van der Waals surface area contributed by atoms with Gasteiger partial charge in [0.2, 0.25) is 5.91 Å². The molecule has 0 aliphatic carbocycles. The number of nitrogens with one attached hydrogen (secondary N) is 2. The fraction of sp³-hybridized carbons (Fsp3) is 0.737. The van der Waals surface area contributed by atoms with Crippen LogP contribution in [0.15, 0.2) is 12.4 Å². The summed E-state index contributed by atoms with van der Waals surface area (Å²) in [5.74, 6) is 0.349. The van der Waals surface area contributed by atoms with Crippen LogP contribution in [0.2, 0.25) is 0 Å². The van der Waals surface area contributed by atoms with E-state index < -0.39 is 5.60 Å². The lowest BCUT2D eigenvalue weighted by Gasteiger charge is -2.34. The third kappa shape index (κ3) is 5.95. The van der Waals surface area contributed by atoms with Crippen molar-refractivity contribution < 1.29 is 19.1 Å². The van der Waals surface area contributed by atoms with E-state index in [1.807, 2.05) is 27.7 Å². The second-order valence-electron chi connectivity index (χ2n) is 7.95. The minimum Gasteiger partial charge on any atom is -0.444 e. The van der Waals surface area contributed by atoms with Crippen LogP contribution in [0.4, 0.5) is 4.79 Å². The molecule has 27 heavy (non-hydrogen) atoms. The van der Waals surface area contributed by atoms with Gasteiger partial charge in [-0.2, -0.15) is 0 Å². The van der Waals surface area contributed by atoms with Crippen LogP contribution in [0.1, 0.15) is 46.4 Å². The molecule has 1 aromatic rings. The normalized spacial score (nSPS) is 19.6. The lowest BCUT2D eigenvalue weighted by atomic mass is 9.95. The minimum atomic E-state index is -0.554. The highest BCUT2D eigenvalue weighted by Crippen LogP contribution is 2.28. The van der Waals surface area contributed by atoms with Crippen molar-refractivity contribution in [3.63, 3.8) is 0 Å². The highest BCUT2D eigenvalue weighted by atomic mass is 16.6. The van der Waals surface area contributed by atoms with E-state index in [0.717, 1.165) is 18.7 Å². The molecule has 2 heterocycles. The van der Waals surface area contributed by atoms with Gasteiger partial charge in [-0.1, -0.05) is 6.92 Å². The first-order valence-corrected chi connectivity index (χ1v) is 9.51. The number of imidazole rings is 1. The number of likely N-dealkylation sites (tertiary alicyclic amines) is 1. The molecule has 2 rings (SSSR count). The van der Waals surface area contributed by atoms with E-state index in [9.17, 15) is 9.59 Å². The van der Waals surface area contributed by atoms with Crippen LogP contribution < -0.4 is 5.32 Å². The van der Waals surface area contributed by atoms with Crippen molar-refractivity contribution in [3.8, 4) is 0 Å². The van der Waals surface area contributed by atoms with E-state index in [0.29, 0.717) is 19.5 Å². The van der Waals surface area contributed by atoms with Gasteiger partial charge in [0, 0.05) is 39.0 Å². The van der Waals surface area contributed by atoms with Gasteiger partial charge in [0.25, 0.3) is 0 Å². The number of aromatic amines is 1. The zero-order chi connectivity index (χ0) is 20.0. The number of H-pyrrole nitrogens is 1. The molecule has 152 valence electrons. The van der Waals surface area contributed by atoms with Gasteiger partial charge in [-0.05, 0) is 33.6 Å². The number of rotatable bonds is 7. The average molecular weight is 380 g/mol. The Kier molecular flexibility index (Phi) is 7.24. The molecule has 1 fully saturated rings. The third-order valence-electron chi connectivity index (χ3n) is 4.70. The first-order valence-electron chi connectivity index (χ1n) is 9.51. The summed E-state index contributed by atoms with van der Waals surface area (Å²) in [6, 6.07) is -0.171. The average Bonchev–Trinajstić information content (AvgIpc) is 3.25. The quantitative estimate of drug-likeness (QED) is 0.755. The number of hydrogen-bond donors (Lipinski definition) is 2. The summed E-state index contributed by atoms with van der Waals surface area (Å²) in [7, 11) is 1.59. The van der Waals surface area contributed by atoms with Gasteiger partial charge in [0.15, 0.2) is 0 Å². The summed E-state index contributed by atoms with van der Waals surface area (Å²) in [5.41, 5.74) is -0.554. The van der Waals surface area contributed by atoms with E-state index in [4.69, 9.17) is 9.47 Å². The zero-order valence-electron chi connectivity index (χ0n) is 16.9. The maximum Gasteiger partial charge on any atom is 0.410 e. The van der Waals surface area contributed by atoms with Crippen LogP contribution in [0.5, 0.6) is 0 Å². The Morgan fingerprint density at radius 1 is 1.44 bits per heavy atom. The van der Waals surface area contributed by atoms with Crippen LogP contribution in [0.3, 0.4) is 0 Å². The fourth-order valence-corrected chi connectivity index (χ4v) is 3.42. The molecule has 1 saturated heterocycles. The van der Waals surface area contributed by atoms with Crippen molar-refractivity contribution in [2.45, 2.75) is 64.7 Å². The molecule has 0 unspecified atom stereocenters. The van der Waals surface area contributed by atoms with E-state index in [2.05, 4.69) is 15.3 Å². The molecule has 1 aliphatic heterocycles. The van der Waals surface area contributed by atoms with Gasteiger partial charge < -0.3 is 24.7 Å². The van der Waals surface area contributed by atoms with Crippen molar-refractivity contribution in [1.29, 1.82) is 0 Å². The lowest BCUT2D eigenvalue weighted by molar-refractivity contribution is -0.130. The Labute approximate surface area is 161 Å². The highest BCUT2D eigenvalue weighted by Gasteiger charge is 2.41. The Balaban J connectivity index is 1.94. The molecule has 1 aliphatic rings. The molecule has 8 heteroatoms. The van der Waals surface area contributed by atoms with Gasteiger partial charge in [0.05, 0.1) is 18.1 Å². The Morgan fingerprint density at radius 3 is 2.78 bits per heavy atom. The number of carbonyl (C=O) groups is 2. The fourth-order valence-electron chi connectivity index (χ4n) is 3.42. The van der Waals surface area contributed by atoms with Crippen molar-refractivity contribution in [3.05, 3.63) is 18.2 Å². The van der Waals surface area contributed by atoms with Gasteiger partial charge in [-0.15, -0.1) is 0 Å². The van der Waals surface area contributed by atoms with Crippen LogP contribution in [0.25, 0.3) is 0 Å². The Morgan fingerprint density at radius 2 is 2.19 bits per heavy atom. The number of amides is 2. The van der Waals surface area contributed by atoms with Crippen molar-refractivity contribution in [2.24, 2.45) is 5.92 Å². The SMILES string of the molecule is CO[C@H]([C@@H](C)C(=O)NCCc1ncc[nH]1)[C@@H]1CCCN1C(=O)OC(C)(C)C. The second-order valence-corrected chi connectivity index (χ2v) is 7.95. The maximum absolute atomic E-state index is 12.6. The lowest BCUT2D eigenvalue weighted by Crippen LogP contribution is -2.50. The van der Waals surface area contributed by atoms with Crippen molar-refractivity contribution in [2.75, 3.05) is 20.2 Å². The molecule has 0 saturated carbocycles. The van der Waals surface area contributed by atoms with E-state index in [1.165, 1.54) is 0 Å². The van der Waals surface area contributed by atoms with E-state index in [1.54, 1.807) is 24.4 Å². The first-order chi connectivity index (χ1) is 12.7. The predicted molar refractivity (Wildman–Crippen MR) is 101 cm³/mol. The standard InChI is InChI=1S/C19H32N4O4/c1-13(17(24)22-9-8-15-20-10-11-21-15)16(26-5)14-7-6-12-23(14)18(25)27-19(2,3)4/h10-11,13-14,16H,6-9,12H2,1-5H3,(H,20,21)(H,22,24)/t13-,14+,16-/m1/s1. The van der Waals surface area contributed by atoms with E-state index in [-0.39, 0.29) is 30.1 Å². The van der Waals surface area contributed by atoms with Gasteiger partial charge in [-0.25, -0.2) is 9.78 Å². The second kappa shape index (κ2) is 9.21. The van der Waals surface area contributed by atoms with Gasteiger partial charge in [-0.3, -0.25) is 4.79 Å². The molecule has 1 aromatic heterocycles.